The minimum Gasteiger partial charge on any atom is -0.484 e. The molecule has 1 aromatic heterocycles. The van der Waals surface area contributed by atoms with Gasteiger partial charge in [0.1, 0.15) is 5.75 Å². The number of amides is 3. The Balaban J connectivity index is 1.05. The molecule has 3 aromatic carbocycles. The first-order chi connectivity index (χ1) is 22.7. The molecule has 4 unspecified atom stereocenters. The molecule has 4 aliphatic rings. The van der Waals surface area contributed by atoms with E-state index in [1.807, 2.05) is 12.1 Å². The molecule has 4 aromatic rings. The number of rotatable bonds is 7. The highest BCUT2D eigenvalue weighted by molar-refractivity contribution is 8.00. The van der Waals surface area contributed by atoms with Gasteiger partial charge in [-0.3, -0.25) is 34.2 Å². The van der Waals surface area contributed by atoms with Crippen LogP contribution in [0.2, 0.25) is 5.02 Å². The van der Waals surface area contributed by atoms with Gasteiger partial charge in [0.05, 0.1) is 27.5 Å². The van der Waals surface area contributed by atoms with Crippen LogP contribution in [0.15, 0.2) is 82.6 Å². The molecule has 3 heterocycles. The fourth-order valence-electron chi connectivity index (χ4n) is 8.02. The average molecular weight is 689 g/mol. The minimum absolute atomic E-state index is 0.00989. The maximum Gasteiger partial charge on any atom is 0.305 e. The van der Waals surface area contributed by atoms with Crippen molar-refractivity contribution in [3.8, 4) is 5.75 Å². The molecule has 11 nitrogen and oxygen atoms in total. The molecule has 2 aliphatic heterocycles. The van der Waals surface area contributed by atoms with Gasteiger partial charge in [0, 0.05) is 38.9 Å². The number of imide groups is 1. The number of hydrogen-bond acceptors (Lipinski definition) is 9. The summed E-state index contributed by atoms with van der Waals surface area (Å²) in [6.07, 6.45) is 0.739. The number of nitro benzene ring substituents is 1. The van der Waals surface area contributed by atoms with E-state index in [2.05, 4.69) is 10.3 Å². The van der Waals surface area contributed by atoms with Crippen molar-refractivity contribution >= 4 is 69.5 Å². The van der Waals surface area contributed by atoms with Crippen molar-refractivity contribution in [3.63, 3.8) is 0 Å². The Labute approximate surface area is 280 Å². The number of H-pyrrole nitrogens is 1. The molecule has 2 saturated carbocycles. The molecule has 0 spiro atoms. The molecule has 0 radical (unpaired) electrons. The van der Waals surface area contributed by atoms with Crippen LogP contribution in [0.1, 0.15) is 22.8 Å². The van der Waals surface area contributed by atoms with Crippen LogP contribution in [0.3, 0.4) is 0 Å². The summed E-state index contributed by atoms with van der Waals surface area (Å²) < 4.78 is 5.75. The van der Waals surface area contributed by atoms with Crippen molar-refractivity contribution < 1.29 is 24.0 Å². The smallest absolute Gasteiger partial charge is 0.305 e. The van der Waals surface area contributed by atoms with Gasteiger partial charge >= 0.3 is 4.87 Å². The molecule has 1 saturated heterocycles. The van der Waals surface area contributed by atoms with Gasteiger partial charge in [-0.25, -0.2) is 0 Å². The molecule has 47 heavy (non-hydrogen) atoms. The third-order valence-corrected chi connectivity index (χ3v) is 12.6. The monoisotopic (exact) mass is 688 g/mol. The second kappa shape index (κ2) is 11.4. The Hall–Kier alpha value is -4.46. The predicted octanol–water partition coefficient (Wildman–Crippen LogP) is 5.69. The van der Waals surface area contributed by atoms with Crippen molar-refractivity contribution in [1.82, 2.24) is 4.98 Å². The quantitative estimate of drug-likeness (QED) is 0.143. The van der Waals surface area contributed by atoms with Gasteiger partial charge < -0.3 is 15.0 Å². The molecular weight excluding hydrogens is 664 g/mol. The largest absolute Gasteiger partial charge is 0.484 e. The predicted molar refractivity (Wildman–Crippen MR) is 176 cm³/mol. The third kappa shape index (κ3) is 4.95. The van der Waals surface area contributed by atoms with Crippen LogP contribution >= 0.6 is 34.7 Å². The number of nitrogens with zero attached hydrogens (tertiary/aromatic N) is 2. The van der Waals surface area contributed by atoms with Crippen LogP contribution in [0, 0.1) is 39.7 Å². The SMILES string of the molecule is O=C(COc1ccc([C@H]2c3sc(=O)[nH]c3SC3C2[C@H]2C[C@@H]3C3C(=O)N(c4ccc([N+](=O)[O-])cc4)C(=O)C32)cc1)Nc1ccc(Cl)cc1. The first-order valence-electron chi connectivity index (χ1n) is 15.0. The number of carbonyl (C=O) groups is 3. The zero-order valence-electron chi connectivity index (χ0n) is 24.3. The van der Waals surface area contributed by atoms with E-state index in [0.717, 1.165) is 21.9 Å². The molecule has 3 fully saturated rings. The number of aromatic amines is 1. The molecular formula is C33H25ClN4O7S2. The highest BCUT2D eigenvalue weighted by Crippen LogP contribution is 2.68. The lowest BCUT2D eigenvalue weighted by Crippen LogP contribution is -2.42. The van der Waals surface area contributed by atoms with Gasteiger partial charge in [0.15, 0.2) is 6.61 Å². The molecule has 14 heteroatoms. The van der Waals surface area contributed by atoms with Gasteiger partial charge in [-0.05, 0) is 78.3 Å². The molecule has 3 amide bonds. The Morgan fingerprint density at radius 3 is 2.34 bits per heavy atom. The first-order valence-corrected chi connectivity index (χ1v) is 17.1. The molecule has 2 bridgehead atoms. The normalized spacial score (nSPS) is 26.9. The Bertz CT molecular complexity index is 2000. The van der Waals surface area contributed by atoms with Crippen LogP contribution in [0.25, 0.3) is 0 Å². The molecule has 7 atom stereocenters. The number of thioether (sulfide) groups is 1. The van der Waals surface area contributed by atoms with Crippen molar-refractivity contribution in [2.45, 2.75) is 22.6 Å². The zero-order valence-corrected chi connectivity index (χ0v) is 26.7. The highest BCUT2D eigenvalue weighted by Gasteiger charge is 2.69. The summed E-state index contributed by atoms with van der Waals surface area (Å²) in [5, 5.41) is 15.3. The van der Waals surface area contributed by atoms with Crippen LogP contribution in [0.4, 0.5) is 17.1 Å². The van der Waals surface area contributed by atoms with Crippen LogP contribution in [-0.2, 0) is 14.4 Å². The highest BCUT2D eigenvalue weighted by atomic mass is 35.5. The summed E-state index contributed by atoms with van der Waals surface area (Å²) in [5.74, 6) is -1.60. The number of nitro groups is 1. The second-order valence-electron chi connectivity index (χ2n) is 12.2. The van der Waals surface area contributed by atoms with E-state index in [-0.39, 0.29) is 63.8 Å². The number of fused-ring (bicyclic) bond motifs is 9. The summed E-state index contributed by atoms with van der Waals surface area (Å²) in [5.41, 5.74) is 1.79. The van der Waals surface area contributed by atoms with E-state index in [1.54, 1.807) is 48.2 Å². The topological polar surface area (TPSA) is 152 Å². The molecule has 8 rings (SSSR count). The number of anilines is 2. The van der Waals surface area contributed by atoms with Crippen molar-refractivity contribution in [1.29, 1.82) is 0 Å². The standard InChI is InChI=1S/C33H25ClN4O7S2/c34-16-3-5-17(6-4-16)35-23(39)14-45-20-11-1-15(2-12-20)24-25-21-13-22(28(25)46-30-29(24)47-33(42)36-30)27-26(21)31(40)37(32(27)41)18-7-9-19(10-8-18)38(43)44/h1-12,21-22,24-28H,13-14H2,(H,35,39)(H,36,42)/t21-,22-,24-,25?,26?,27?,28?/m1/s1. The van der Waals surface area contributed by atoms with Crippen molar-refractivity contribution in [2.75, 3.05) is 16.8 Å². The van der Waals surface area contributed by atoms with E-state index >= 15 is 0 Å². The summed E-state index contributed by atoms with van der Waals surface area (Å²) in [6.45, 7) is -0.190. The number of ether oxygens (including phenoxy) is 1. The Morgan fingerprint density at radius 1 is 0.979 bits per heavy atom. The molecule has 2 aliphatic carbocycles. The number of thiazole rings is 1. The minimum atomic E-state index is -0.518. The van der Waals surface area contributed by atoms with Crippen LogP contribution in [-0.4, -0.2) is 39.5 Å². The van der Waals surface area contributed by atoms with E-state index in [4.69, 9.17) is 16.3 Å². The van der Waals surface area contributed by atoms with Gasteiger partial charge in [-0.15, -0.1) is 11.8 Å². The second-order valence-corrected chi connectivity index (χ2v) is 14.8. The number of carbonyl (C=O) groups excluding carboxylic acids is 3. The number of hydrogen-bond donors (Lipinski definition) is 2. The number of non-ortho nitro benzene ring substituents is 1. The van der Waals surface area contributed by atoms with E-state index in [1.165, 1.54) is 40.5 Å². The van der Waals surface area contributed by atoms with Crippen molar-refractivity contribution in [2.24, 2.45) is 29.6 Å². The van der Waals surface area contributed by atoms with Crippen molar-refractivity contribution in [3.05, 3.63) is 108 Å². The van der Waals surface area contributed by atoms with Crippen LogP contribution < -0.4 is 19.8 Å². The number of aromatic nitrogens is 1. The van der Waals surface area contributed by atoms with Crippen LogP contribution in [0.5, 0.6) is 5.75 Å². The molecule has 2 N–H and O–H groups in total. The van der Waals surface area contributed by atoms with Gasteiger partial charge in [-0.1, -0.05) is 35.1 Å². The summed E-state index contributed by atoms with van der Waals surface area (Å²) >= 11 is 8.69. The Kier molecular flexibility index (Phi) is 7.23. The van der Waals surface area contributed by atoms with Gasteiger partial charge in [-0.2, -0.15) is 0 Å². The lowest BCUT2D eigenvalue weighted by Gasteiger charge is -2.43. The fraction of sp³-hybridized carbons (Fsp3) is 0.273. The van der Waals surface area contributed by atoms with Gasteiger partial charge in [0.25, 0.3) is 11.6 Å². The lowest BCUT2D eigenvalue weighted by atomic mass is 9.68. The summed E-state index contributed by atoms with van der Waals surface area (Å²) in [6, 6.07) is 19.8. The molecule has 238 valence electrons. The number of benzene rings is 3. The number of halogens is 1. The lowest BCUT2D eigenvalue weighted by molar-refractivity contribution is -0.384. The van der Waals surface area contributed by atoms with E-state index in [9.17, 15) is 29.3 Å². The third-order valence-electron chi connectivity index (χ3n) is 9.78. The number of nitrogens with one attached hydrogen (secondary N) is 2. The van der Waals surface area contributed by atoms with Gasteiger partial charge in [0.2, 0.25) is 11.8 Å². The fourth-order valence-corrected chi connectivity index (χ4v) is 11.0. The first kappa shape index (κ1) is 29.9. The summed E-state index contributed by atoms with van der Waals surface area (Å²) in [4.78, 5) is 68.4. The maximum atomic E-state index is 13.9. The Morgan fingerprint density at radius 2 is 1.66 bits per heavy atom. The van der Waals surface area contributed by atoms with E-state index in [0.29, 0.717) is 22.1 Å². The maximum absolute atomic E-state index is 13.9. The average Bonchev–Trinajstić information content (AvgIpc) is 3.80. The van der Waals surface area contributed by atoms with E-state index < -0.39 is 16.8 Å². The zero-order chi connectivity index (χ0) is 32.6. The summed E-state index contributed by atoms with van der Waals surface area (Å²) in [7, 11) is 0.